The molecule has 1 aromatic rings. The van der Waals surface area contributed by atoms with Gasteiger partial charge < -0.3 is 20.9 Å². The van der Waals surface area contributed by atoms with E-state index in [-0.39, 0.29) is 36.7 Å². The van der Waals surface area contributed by atoms with Gasteiger partial charge in [-0.1, -0.05) is 11.6 Å². The zero-order chi connectivity index (χ0) is 18.4. The van der Waals surface area contributed by atoms with Crippen LogP contribution < -0.4 is 16.0 Å². The summed E-state index contributed by atoms with van der Waals surface area (Å²) in [6.07, 6.45) is 1.50. The SMILES string of the molecule is C[NH+](CC(=O)Nc1ccc(Cl)cc1)CC(=O)N1CCC[C@H](C(N)=O)C1. The lowest BCUT2D eigenvalue weighted by Crippen LogP contribution is -3.11. The van der Waals surface area contributed by atoms with Crippen molar-refractivity contribution in [3.8, 4) is 0 Å². The van der Waals surface area contributed by atoms with Crippen LogP contribution in [0.5, 0.6) is 0 Å². The summed E-state index contributed by atoms with van der Waals surface area (Å²) in [5.41, 5.74) is 6.00. The molecule has 0 saturated carbocycles. The number of piperidine rings is 1. The van der Waals surface area contributed by atoms with Gasteiger partial charge in [-0.15, -0.1) is 0 Å². The smallest absolute Gasteiger partial charge is 0.279 e. The monoisotopic (exact) mass is 367 g/mol. The van der Waals surface area contributed by atoms with Gasteiger partial charge in [-0.3, -0.25) is 14.4 Å². The molecule has 0 radical (unpaired) electrons. The molecule has 1 heterocycles. The zero-order valence-corrected chi connectivity index (χ0v) is 15.0. The minimum Gasteiger partial charge on any atom is -0.369 e. The molecule has 4 N–H and O–H groups in total. The van der Waals surface area contributed by atoms with Crippen LogP contribution in [0.15, 0.2) is 24.3 Å². The van der Waals surface area contributed by atoms with Gasteiger partial charge in [0.15, 0.2) is 13.1 Å². The van der Waals surface area contributed by atoms with E-state index in [2.05, 4.69) is 5.32 Å². The van der Waals surface area contributed by atoms with Crippen LogP contribution in [0.3, 0.4) is 0 Å². The van der Waals surface area contributed by atoms with Crippen LogP contribution in [0, 0.1) is 5.92 Å². The second-order valence-corrected chi connectivity index (χ2v) is 6.88. The second-order valence-electron chi connectivity index (χ2n) is 6.45. The quantitative estimate of drug-likeness (QED) is 0.633. The molecule has 3 amide bonds. The van der Waals surface area contributed by atoms with Crippen molar-refractivity contribution >= 4 is 35.0 Å². The van der Waals surface area contributed by atoms with Crippen LogP contribution in [0.25, 0.3) is 0 Å². The van der Waals surface area contributed by atoms with Gasteiger partial charge in [0.25, 0.3) is 11.8 Å². The van der Waals surface area contributed by atoms with Crippen LogP contribution in [0.4, 0.5) is 5.69 Å². The van der Waals surface area contributed by atoms with Crippen molar-refractivity contribution in [3.05, 3.63) is 29.3 Å². The van der Waals surface area contributed by atoms with Crippen molar-refractivity contribution in [3.63, 3.8) is 0 Å². The molecule has 0 bridgehead atoms. The first kappa shape index (κ1) is 19.2. The molecule has 0 aliphatic carbocycles. The lowest BCUT2D eigenvalue weighted by Gasteiger charge is -2.31. The molecule has 1 aliphatic heterocycles. The van der Waals surface area contributed by atoms with Crippen LogP contribution >= 0.6 is 11.6 Å². The third-order valence-electron chi connectivity index (χ3n) is 4.22. The highest BCUT2D eigenvalue weighted by atomic mass is 35.5. The maximum atomic E-state index is 12.4. The average molecular weight is 368 g/mol. The maximum Gasteiger partial charge on any atom is 0.279 e. The van der Waals surface area contributed by atoms with Crippen LogP contribution in [-0.4, -0.2) is 55.8 Å². The lowest BCUT2D eigenvalue weighted by molar-refractivity contribution is -0.862. The molecule has 8 heteroatoms. The predicted octanol–water partition coefficient (Wildman–Crippen LogP) is -0.483. The van der Waals surface area contributed by atoms with Crippen LogP contribution in [0.1, 0.15) is 12.8 Å². The summed E-state index contributed by atoms with van der Waals surface area (Å²) in [5.74, 6) is -0.879. The fourth-order valence-corrected chi connectivity index (χ4v) is 3.01. The number of hydrogen-bond donors (Lipinski definition) is 3. The number of hydrogen-bond acceptors (Lipinski definition) is 3. The summed E-state index contributed by atoms with van der Waals surface area (Å²) in [7, 11) is 1.79. The summed E-state index contributed by atoms with van der Waals surface area (Å²) in [5, 5.41) is 3.37. The van der Waals surface area contributed by atoms with E-state index in [1.807, 2.05) is 0 Å². The molecule has 2 atom stereocenters. The van der Waals surface area contributed by atoms with E-state index in [4.69, 9.17) is 17.3 Å². The maximum absolute atomic E-state index is 12.4. The molecule has 2 rings (SSSR count). The Labute approximate surface area is 152 Å². The predicted molar refractivity (Wildman–Crippen MR) is 95.2 cm³/mol. The third-order valence-corrected chi connectivity index (χ3v) is 4.47. The van der Waals surface area contributed by atoms with Gasteiger partial charge in [-0.2, -0.15) is 0 Å². The van der Waals surface area contributed by atoms with Gasteiger partial charge >= 0.3 is 0 Å². The highest BCUT2D eigenvalue weighted by Crippen LogP contribution is 2.15. The zero-order valence-electron chi connectivity index (χ0n) is 14.3. The van der Waals surface area contributed by atoms with Crippen LogP contribution in [-0.2, 0) is 14.4 Å². The molecule has 0 aromatic heterocycles. The molecule has 0 spiro atoms. The van der Waals surface area contributed by atoms with Gasteiger partial charge in [0, 0.05) is 23.8 Å². The number of nitrogens with zero attached hydrogens (tertiary/aromatic N) is 1. The van der Waals surface area contributed by atoms with Gasteiger partial charge in [-0.25, -0.2) is 0 Å². The van der Waals surface area contributed by atoms with Crippen molar-refractivity contribution in [1.82, 2.24) is 4.90 Å². The summed E-state index contributed by atoms with van der Waals surface area (Å²) in [4.78, 5) is 38.2. The Kier molecular flexibility index (Phi) is 6.78. The Morgan fingerprint density at radius 2 is 1.96 bits per heavy atom. The standard InChI is InChI=1S/C17H23ClN4O3/c1-21(10-15(23)20-14-6-4-13(18)5-7-14)11-16(24)22-8-2-3-12(9-22)17(19)25/h4-7,12H,2-3,8-11H2,1H3,(H2,19,25)(H,20,23)/p+1/t12-/m0/s1. The van der Waals surface area contributed by atoms with E-state index in [0.717, 1.165) is 17.7 Å². The van der Waals surface area contributed by atoms with Gasteiger partial charge in [0.1, 0.15) is 0 Å². The number of carbonyl (C=O) groups excluding carboxylic acids is 3. The normalized spacial score (nSPS) is 18.5. The molecule has 1 unspecified atom stereocenters. The molecule has 7 nitrogen and oxygen atoms in total. The number of quaternary nitrogens is 1. The molecule has 1 fully saturated rings. The number of primary amides is 1. The number of rotatable bonds is 6. The number of likely N-dealkylation sites (N-methyl/N-ethyl adjacent to an activating group) is 1. The number of benzene rings is 1. The fraction of sp³-hybridized carbons (Fsp3) is 0.471. The van der Waals surface area contributed by atoms with E-state index in [1.54, 1.807) is 36.2 Å². The van der Waals surface area contributed by atoms with Crippen LogP contribution in [0.2, 0.25) is 5.02 Å². The van der Waals surface area contributed by atoms with Crippen molar-refractivity contribution in [2.24, 2.45) is 11.7 Å². The molecule has 25 heavy (non-hydrogen) atoms. The summed E-state index contributed by atoms with van der Waals surface area (Å²) < 4.78 is 0. The molecule has 1 aliphatic rings. The molecule has 136 valence electrons. The number of likely N-dealkylation sites (tertiary alicyclic amines) is 1. The number of amides is 3. The van der Waals surface area contributed by atoms with Crippen molar-refractivity contribution in [2.75, 3.05) is 38.5 Å². The average Bonchev–Trinajstić information content (AvgIpc) is 2.56. The van der Waals surface area contributed by atoms with E-state index >= 15 is 0 Å². The molecule has 1 saturated heterocycles. The van der Waals surface area contributed by atoms with E-state index < -0.39 is 0 Å². The first-order chi connectivity index (χ1) is 11.8. The van der Waals surface area contributed by atoms with Gasteiger partial charge in [0.05, 0.1) is 13.0 Å². The minimum absolute atomic E-state index is 0.0669. The van der Waals surface area contributed by atoms with E-state index in [1.165, 1.54) is 0 Å². The summed E-state index contributed by atoms with van der Waals surface area (Å²) in [6, 6.07) is 6.84. The highest BCUT2D eigenvalue weighted by Gasteiger charge is 2.28. The molecule has 1 aromatic carbocycles. The Morgan fingerprint density at radius 1 is 1.28 bits per heavy atom. The number of carbonyl (C=O) groups is 3. The number of nitrogens with one attached hydrogen (secondary N) is 2. The van der Waals surface area contributed by atoms with Crippen molar-refractivity contribution < 1.29 is 19.3 Å². The minimum atomic E-state index is -0.361. The lowest BCUT2D eigenvalue weighted by atomic mass is 9.97. The third kappa shape index (κ3) is 6.03. The van der Waals surface area contributed by atoms with E-state index in [9.17, 15) is 14.4 Å². The van der Waals surface area contributed by atoms with Gasteiger partial charge in [-0.05, 0) is 37.1 Å². The number of nitrogens with two attached hydrogens (primary N) is 1. The first-order valence-electron chi connectivity index (χ1n) is 8.29. The second kappa shape index (κ2) is 8.82. The Hall–Kier alpha value is -2.12. The Bertz CT molecular complexity index is 635. The van der Waals surface area contributed by atoms with Crippen molar-refractivity contribution in [1.29, 1.82) is 0 Å². The van der Waals surface area contributed by atoms with Gasteiger partial charge in [0.2, 0.25) is 5.91 Å². The van der Waals surface area contributed by atoms with Crippen molar-refractivity contribution in [2.45, 2.75) is 12.8 Å². The van der Waals surface area contributed by atoms with E-state index in [0.29, 0.717) is 23.8 Å². The topological polar surface area (TPSA) is 96.9 Å². The largest absolute Gasteiger partial charge is 0.369 e. The Balaban J connectivity index is 1.79. The highest BCUT2D eigenvalue weighted by molar-refractivity contribution is 6.30. The fourth-order valence-electron chi connectivity index (χ4n) is 2.88. The summed E-state index contributed by atoms with van der Waals surface area (Å²) >= 11 is 5.81. The number of halogens is 1. The number of anilines is 1. The first-order valence-corrected chi connectivity index (χ1v) is 8.66. The Morgan fingerprint density at radius 3 is 2.60 bits per heavy atom. The molecular formula is C17H24ClN4O3+. The molecular weight excluding hydrogens is 344 g/mol. The summed E-state index contributed by atoms with van der Waals surface area (Å²) in [6.45, 7) is 1.37.